The van der Waals surface area contributed by atoms with Crippen molar-refractivity contribution in [1.82, 2.24) is 9.55 Å². The highest BCUT2D eigenvalue weighted by atomic mass is 16.3. The van der Waals surface area contributed by atoms with Gasteiger partial charge in [0.1, 0.15) is 11.2 Å². The van der Waals surface area contributed by atoms with Crippen LogP contribution in [0.15, 0.2) is 102 Å². The lowest BCUT2D eigenvalue weighted by Gasteiger charge is -2.22. The zero-order chi connectivity index (χ0) is 23.3. The van der Waals surface area contributed by atoms with Crippen LogP contribution in [0.2, 0.25) is 0 Å². The largest absolute Gasteiger partial charge is 0.456 e. The Labute approximate surface area is 202 Å². The van der Waals surface area contributed by atoms with Crippen LogP contribution in [-0.4, -0.2) is 9.55 Å². The average Bonchev–Trinajstić information content (AvgIpc) is 3.51. The van der Waals surface area contributed by atoms with Gasteiger partial charge in [0.2, 0.25) is 0 Å². The lowest BCUT2D eigenvalue weighted by molar-refractivity contribution is 0.620. The number of hydrogen-bond acceptors (Lipinski definition) is 2. The van der Waals surface area contributed by atoms with E-state index in [2.05, 4.69) is 108 Å². The van der Waals surface area contributed by atoms with E-state index in [1.165, 1.54) is 54.8 Å². The number of benzene rings is 4. The van der Waals surface area contributed by atoms with Gasteiger partial charge in [0.15, 0.2) is 0 Å². The van der Waals surface area contributed by atoms with Crippen molar-refractivity contribution in [3.05, 3.63) is 108 Å². The summed E-state index contributed by atoms with van der Waals surface area (Å²) in [6, 6.07) is 30.2. The van der Waals surface area contributed by atoms with E-state index in [0.29, 0.717) is 0 Å². The van der Waals surface area contributed by atoms with E-state index in [4.69, 9.17) is 4.42 Å². The predicted molar refractivity (Wildman–Crippen MR) is 143 cm³/mol. The molecule has 3 heteroatoms. The molecule has 0 amide bonds. The van der Waals surface area contributed by atoms with Gasteiger partial charge in [0.25, 0.3) is 0 Å². The van der Waals surface area contributed by atoms with E-state index in [0.717, 1.165) is 16.9 Å². The number of hydrogen-bond donors (Lipinski definition) is 0. The summed E-state index contributed by atoms with van der Waals surface area (Å²) in [6.45, 7) is 4.66. The molecule has 35 heavy (non-hydrogen) atoms. The summed E-state index contributed by atoms with van der Waals surface area (Å²) in [7, 11) is 0. The summed E-state index contributed by atoms with van der Waals surface area (Å²) < 4.78 is 9.14. The Kier molecular flexibility index (Phi) is 3.47. The zero-order valence-electron chi connectivity index (χ0n) is 19.5. The van der Waals surface area contributed by atoms with Gasteiger partial charge in [-0.2, -0.15) is 0 Å². The Morgan fingerprint density at radius 2 is 1.46 bits per heavy atom. The quantitative estimate of drug-likeness (QED) is 0.251. The first-order valence-corrected chi connectivity index (χ1v) is 12.1. The van der Waals surface area contributed by atoms with E-state index in [1.54, 1.807) is 0 Å². The molecule has 0 bridgehead atoms. The van der Waals surface area contributed by atoms with Crippen molar-refractivity contribution >= 4 is 43.7 Å². The molecule has 166 valence electrons. The number of nitrogens with zero attached hydrogens (tertiary/aromatic N) is 2. The van der Waals surface area contributed by atoms with Gasteiger partial charge in [0.05, 0.1) is 11.0 Å². The molecule has 4 aromatic carbocycles. The van der Waals surface area contributed by atoms with Crippen molar-refractivity contribution in [2.45, 2.75) is 19.3 Å². The monoisotopic (exact) mass is 450 g/mol. The Morgan fingerprint density at radius 1 is 0.743 bits per heavy atom. The zero-order valence-corrected chi connectivity index (χ0v) is 19.5. The van der Waals surface area contributed by atoms with Crippen molar-refractivity contribution in [2.75, 3.05) is 0 Å². The van der Waals surface area contributed by atoms with Gasteiger partial charge in [-0.25, -0.2) is 0 Å². The summed E-state index contributed by atoms with van der Waals surface area (Å²) in [5.41, 5.74) is 10.5. The Balaban J connectivity index is 1.77. The molecule has 0 aliphatic heterocycles. The molecule has 3 heterocycles. The fourth-order valence-electron chi connectivity index (χ4n) is 6.43. The van der Waals surface area contributed by atoms with E-state index in [9.17, 15) is 0 Å². The fourth-order valence-corrected chi connectivity index (χ4v) is 6.43. The number of fused-ring (bicyclic) bond motifs is 12. The molecule has 1 aliphatic rings. The third-order valence-corrected chi connectivity index (χ3v) is 7.85. The molecule has 0 atom stereocenters. The lowest BCUT2D eigenvalue weighted by atomic mass is 9.81. The number of aromatic nitrogens is 2. The van der Waals surface area contributed by atoms with Gasteiger partial charge in [-0.15, -0.1) is 0 Å². The van der Waals surface area contributed by atoms with Crippen LogP contribution >= 0.6 is 0 Å². The standard InChI is InChI=1S/C32H22N2O/c1-32(2)23-12-6-3-9-20(23)28-29(32)31-27(22-11-5-8-14-25(22)35-31)26-21-10-4-7-13-24(21)34(30(26)28)19-15-17-33-18-16-19/h3-18H,1-2H3. The first kappa shape index (κ1) is 19.0. The topological polar surface area (TPSA) is 31.0 Å². The molecule has 0 saturated carbocycles. The second kappa shape index (κ2) is 6.39. The Morgan fingerprint density at radius 3 is 2.31 bits per heavy atom. The summed E-state index contributed by atoms with van der Waals surface area (Å²) in [5.74, 6) is 0. The number of para-hydroxylation sites is 2. The molecular formula is C32H22N2O. The molecule has 0 unspecified atom stereocenters. The highest BCUT2D eigenvalue weighted by Gasteiger charge is 2.41. The second-order valence-corrected chi connectivity index (χ2v) is 10.0. The van der Waals surface area contributed by atoms with Crippen LogP contribution in [0, 0.1) is 0 Å². The maximum absolute atomic E-state index is 6.71. The molecule has 0 N–H and O–H groups in total. The SMILES string of the molecule is CC1(C)c2ccccc2-c2c1c1oc3ccccc3c1c1c3ccccc3n(-c3ccncc3)c21. The minimum atomic E-state index is -0.189. The van der Waals surface area contributed by atoms with E-state index < -0.39 is 0 Å². The van der Waals surface area contributed by atoms with Gasteiger partial charge >= 0.3 is 0 Å². The normalized spacial score (nSPS) is 14.2. The summed E-state index contributed by atoms with van der Waals surface area (Å²) in [6.07, 6.45) is 3.75. The van der Waals surface area contributed by atoms with E-state index in [-0.39, 0.29) is 5.41 Å². The fraction of sp³-hybridized carbons (Fsp3) is 0.0938. The van der Waals surface area contributed by atoms with Gasteiger partial charge in [-0.05, 0) is 35.4 Å². The van der Waals surface area contributed by atoms with Gasteiger partial charge in [-0.1, -0.05) is 74.5 Å². The number of rotatable bonds is 1. The second-order valence-electron chi connectivity index (χ2n) is 10.0. The summed E-state index contributed by atoms with van der Waals surface area (Å²) in [5, 5.41) is 4.86. The molecule has 3 aromatic heterocycles. The molecule has 7 aromatic rings. The maximum atomic E-state index is 6.71. The van der Waals surface area contributed by atoms with E-state index >= 15 is 0 Å². The van der Waals surface area contributed by atoms with Crippen molar-refractivity contribution in [1.29, 1.82) is 0 Å². The summed E-state index contributed by atoms with van der Waals surface area (Å²) in [4.78, 5) is 4.30. The minimum absolute atomic E-state index is 0.189. The highest BCUT2D eigenvalue weighted by molar-refractivity contribution is 6.32. The summed E-state index contributed by atoms with van der Waals surface area (Å²) >= 11 is 0. The molecule has 0 saturated heterocycles. The Hall–Kier alpha value is -4.37. The molecule has 0 fully saturated rings. The molecule has 3 nitrogen and oxygen atoms in total. The molecular weight excluding hydrogens is 428 g/mol. The number of furan rings is 1. The van der Waals surface area contributed by atoms with Gasteiger partial charge in [0, 0.05) is 56.2 Å². The number of pyridine rings is 1. The van der Waals surface area contributed by atoms with Crippen LogP contribution in [-0.2, 0) is 5.41 Å². The van der Waals surface area contributed by atoms with E-state index in [1.807, 2.05) is 12.4 Å². The lowest BCUT2D eigenvalue weighted by Crippen LogP contribution is -2.15. The van der Waals surface area contributed by atoms with Crippen molar-refractivity contribution in [3.8, 4) is 16.8 Å². The Bertz CT molecular complexity index is 1970. The molecule has 1 aliphatic carbocycles. The predicted octanol–water partition coefficient (Wildman–Crippen LogP) is 8.38. The van der Waals surface area contributed by atoms with Crippen molar-refractivity contribution < 1.29 is 4.42 Å². The van der Waals surface area contributed by atoms with Crippen LogP contribution in [0.4, 0.5) is 0 Å². The van der Waals surface area contributed by atoms with Crippen molar-refractivity contribution in [3.63, 3.8) is 0 Å². The highest BCUT2D eigenvalue weighted by Crippen LogP contribution is 2.57. The van der Waals surface area contributed by atoms with Crippen LogP contribution in [0.5, 0.6) is 0 Å². The van der Waals surface area contributed by atoms with Gasteiger partial charge in [-0.3, -0.25) is 4.98 Å². The van der Waals surface area contributed by atoms with Crippen LogP contribution < -0.4 is 0 Å². The third-order valence-electron chi connectivity index (χ3n) is 7.85. The molecule has 8 rings (SSSR count). The maximum Gasteiger partial charge on any atom is 0.140 e. The minimum Gasteiger partial charge on any atom is -0.456 e. The molecule has 0 spiro atoms. The first-order chi connectivity index (χ1) is 17.2. The smallest absolute Gasteiger partial charge is 0.140 e. The third kappa shape index (κ3) is 2.23. The average molecular weight is 451 g/mol. The van der Waals surface area contributed by atoms with Crippen LogP contribution in [0.3, 0.4) is 0 Å². The van der Waals surface area contributed by atoms with Gasteiger partial charge < -0.3 is 8.98 Å². The van der Waals surface area contributed by atoms with Crippen LogP contribution in [0.25, 0.3) is 60.6 Å². The van der Waals surface area contributed by atoms with Crippen LogP contribution in [0.1, 0.15) is 25.0 Å². The van der Waals surface area contributed by atoms with Crippen molar-refractivity contribution in [2.24, 2.45) is 0 Å². The molecule has 0 radical (unpaired) electrons. The first-order valence-electron chi connectivity index (χ1n) is 12.1.